The molecule has 0 radical (unpaired) electrons. The molecule has 0 unspecified atom stereocenters. The summed E-state index contributed by atoms with van der Waals surface area (Å²) < 4.78 is 0.740. The lowest BCUT2D eigenvalue weighted by atomic mass is 10.00. The molecule has 3 aromatic carbocycles. The van der Waals surface area contributed by atoms with Crippen molar-refractivity contribution in [3.05, 3.63) is 76.3 Å². The Morgan fingerprint density at radius 3 is 2.25 bits per heavy atom. The van der Waals surface area contributed by atoms with Crippen LogP contribution >= 0.6 is 15.9 Å². The number of fused-ring (bicyclic) bond motifs is 1. The first-order valence-electron chi connectivity index (χ1n) is 6.24. The molecule has 0 bridgehead atoms. The number of halogens is 1. The highest BCUT2D eigenvalue weighted by Crippen LogP contribution is 2.23. The Labute approximate surface area is 125 Å². The van der Waals surface area contributed by atoms with E-state index in [1.807, 2.05) is 42.5 Å². The molecule has 0 aromatic heterocycles. The summed E-state index contributed by atoms with van der Waals surface area (Å²) in [6.07, 6.45) is 0. The molecule has 3 aromatic rings. The summed E-state index contributed by atoms with van der Waals surface area (Å²) in [6, 6.07) is 19.0. The fourth-order valence-electron chi connectivity index (χ4n) is 2.17. The third-order valence-corrected chi connectivity index (χ3v) is 3.96. The van der Waals surface area contributed by atoms with Gasteiger partial charge in [-0.3, -0.25) is 4.79 Å². The number of rotatable bonds is 2. The van der Waals surface area contributed by atoms with Crippen LogP contribution in [0.1, 0.15) is 15.9 Å². The van der Waals surface area contributed by atoms with Gasteiger partial charge in [-0.25, -0.2) is 0 Å². The van der Waals surface area contributed by atoms with Crippen molar-refractivity contribution in [1.29, 1.82) is 0 Å². The van der Waals surface area contributed by atoms with Gasteiger partial charge in [-0.15, -0.1) is 0 Å². The number of anilines is 1. The number of carbonyl (C=O) groups is 1. The lowest BCUT2D eigenvalue weighted by Gasteiger charge is -2.05. The Hall–Kier alpha value is -2.13. The molecule has 0 aliphatic heterocycles. The van der Waals surface area contributed by atoms with E-state index in [2.05, 4.69) is 15.9 Å². The van der Waals surface area contributed by atoms with Gasteiger partial charge in [0.25, 0.3) is 0 Å². The lowest BCUT2D eigenvalue weighted by Crippen LogP contribution is -2.02. The predicted octanol–water partition coefficient (Wildman–Crippen LogP) is 4.42. The van der Waals surface area contributed by atoms with Crippen LogP contribution in [0.2, 0.25) is 0 Å². The van der Waals surface area contributed by atoms with Crippen molar-refractivity contribution in [2.45, 2.75) is 0 Å². The SMILES string of the molecule is Nc1ccc(C(=O)c2ccc3ccccc3c2)cc1Br. The fourth-order valence-corrected chi connectivity index (χ4v) is 2.54. The van der Waals surface area contributed by atoms with Gasteiger partial charge in [0, 0.05) is 21.3 Å². The number of ketones is 1. The van der Waals surface area contributed by atoms with Crippen LogP contribution in [0.15, 0.2) is 65.1 Å². The number of benzene rings is 3. The van der Waals surface area contributed by atoms with Gasteiger partial charge in [0.2, 0.25) is 0 Å². The molecule has 2 nitrogen and oxygen atoms in total. The van der Waals surface area contributed by atoms with E-state index in [4.69, 9.17) is 5.73 Å². The Kier molecular flexibility index (Phi) is 3.28. The topological polar surface area (TPSA) is 43.1 Å². The second-order valence-corrected chi connectivity index (χ2v) is 5.48. The van der Waals surface area contributed by atoms with E-state index in [1.165, 1.54) is 0 Å². The normalized spacial score (nSPS) is 10.7. The molecule has 3 heteroatoms. The van der Waals surface area contributed by atoms with Crippen molar-refractivity contribution in [2.24, 2.45) is 0 Å². The van der Waals surface area contributed by atoms with Crippen LogP contribution in [0, 0.1) is 0 Å². The van der Waals surface area contributed by atoms with Crippen LogP contribution < -0.4 is 5.73 Å². The molecule has 0 heterocycles. The third-order valence-electron chi connectivity index (χ3n) is 3.27. The lowest BCUT2D eigenvalue weighted by molar-refractivity contribution is 0.103. The number of carbonyl (C=O) groups excluding carboxylic acids is 1. The Morgan fingerprint density at radius 2 is 1.50 bits per heavy atom. The first-order chi connectivity index (χ1) is 9.65. The van der Waals surface area contributed by atoms with Crippen LogP contribution in [-0.4, -0.2) is 5.78 Å². The van der Waals surface area contributed by atoms with Crippen LogP contribution in [0.5, 0.6) is 0 Å². The molecule has 2 N–H and O–H groups in total. The zero-order valence-electron chi connectivity index (χ0n) is 10.6. The smallest absolute Gasteiger partial charge is 0.193 e. The van der Waals surface area contributed by atoms with Gasteiger partial charge in [-0.2, -0.15) is 0 Å². The van der Waals surface area contributed by atoms with Crippen molar-refractivity contribution in [1.82, 2.24) is 0 Å². The van der Waals surface area contributed by atoms with E-state index < -0.39 is 0 Å². The van der Waals surface area contributed by atoms with E-state index in [-0.39, 0.29) is 5.78 Å². The minimum Gasteiger partial charge on any atom is -0.398 e. The molecule has 0 aliphatic carbocycles. The van der Waals surface area contributed by atoms with Crippen LogP contribution in [0.3, 0.4) is 0 Å². The molecule has 0 spiro atoms. The number of nitrogen functional groups attached to an aromatic ring is 1. The van der Waals surface area contributed by atoms with Gasteiger partial charge in [0.15, 0.2) is 5.78 Å². The van der Waals surface area contributed by atoms with Gasteiger partial charge in [0.1, 0.15) is 0 Å². The van der Waals surface area contributed by atoms with Gasteiger partial charge in [0.05, 0.1) is 0 Å². The predicted molar refractivity (Wildman–Crippen MR) is 85.9 cm³/mol. The summed E-state index contributed by atoms with van der Waals surface area (Å²) in [5, 5.41) is 2.19. The first kappa shape index (κ1) is 12.9. The van der Waals surface area contributed by atoms with E-state index in [9.17, 15) is 4.79 Å². The highest BCUT2D eigenvalue weighted by atomic mass is 79.9. The average molecular weight is 326 g/mol. The molecule has 0 saturated heterocycles. The Balaban J connectivity index is 2.05. The van der Waals surface area contributed by atoms with E-state index in [0.717, 1.165) is 15.2 Å². The summed E-state index contributed by atoms with van der Waals surface area (Å²) >= 11 is 3.35. The van der Waals surface area contributed by atoms with E-state index in [1.54, 1.807) is 18.2 Å². The van der Waals surface area contributed by atoms with Gasteiger partial charge < -0.3 is 5.73 Å². The molecule has 0 aliphatic rings. The van der Waals surface area contributed by atoms with Crippen LogP contribution in [0.4, 0.5) is 5.69 Å². The molecule has 20 heavy (non-hydrogen) atoms. The fraction of sp³-hybridized carbons (Fsp3) is 0. The zero-order valence-corrected chi connectivity index (χ0v) is 12.2. The summed E-state index contributed by atoms with van der Waals surface area (Å²) in [5.74, 6) is -0.00328. The Bertz CT molecular complexity index is 811. The van der Waals surface area contributed by atoms with Gasteiger partial charge >= 0.3 is 0 Å². The molecular formula is C17H12BrNO. The minimum absolute atomic E-state index is 0.00328. The molecule has 0 saturated carbocycles. The first-order valence-corrected chi connectivity index (χ1v) is 7.03. The molecule has 3 rings (SSSR count). The van der Waals surface area contributed by atoms with E-state index in [0.29, 0.717) is 16.8 Å². The minimum atomic E-state index is -0.00328. The highest BCUT2D eigenvalue weighted by Gasteiger charge is 2.10. The number of hydrogen-bond donors (Lipinski definition) is 1. The summed E-state index contributed by atoms with van der Waals surface area (Å²) in [4.78, 5) is 12.5. The van der Waals surface area contributed by atoms with Crippen molar-refractivity contribution < 1.29 is 4.79 Å². The van der Waals surface area contributed by atoms with Gasteiger partial charge in [-0.1, -0.05) is 36.4 Å². The third kappa shape index (κ3) is 2.32. The summed E-state index contributed by atoms with van der Waals surface area (Å²) in [5.41, 5.74) is 7.68. The van der Waals surface area contributed by atoms with Crippen molar-refractivity contribution in [3.63, 3.8) is 0 Å². The standard InChI is InChI=1S/C17H12BrNO/c18-15-10-14(7-8-16(15)19)17(20)13-6-5-11-3-1-2-4-12(11)9-13/h1-10H,19H2. The maximum Gasteiger partial charge on any atom is 0.193 e. The van der Waals surface area contributed by atoms with Gasteiger partial charge in [-0.05, 0) is 51.0 Å². The molecule has 98 valence electrons. The van der Waals surface area contributed by atoms with Crippen LogP contribution in [0.25, 0.3) is 10.8 Å². The monoisotopic (exact) mass is 325 g/mol. The van der Waals surface area contributed by atoms with E-state index >= 15 is 0 Å². The second-order valence-electron chi connectivity index (χ2n) is 4.63. The molecule has 0 amide bonds. The highest BCUT2D eigenvalue weighted by molar-refractivity contribution is 9.10. The largest absolute Gasteiger partial charge is 0.398 e. The van der Waals surface area contributed by atoms with Crippen molar-refractivity contribution in [2.75, 3.05) is 5.73 Å². The maximum absolute atomic E-state index is 12.5. The average Bonchev–Trinajstić information content (AvgIpc) is 2.49. The maximum atomic E-state index is 12.5. The quantitative estimate of drug-likeness (QED) is 0.560. The molecule has 0 atom stereocenters. The Morgan fingerprint density at radius 1 is 0.850 bits per heavy atom. The molecule has 0 fully saturated rings. The van der Waals surface area contributed by atoms with Crippen molar-refractivity contribution in [3.8, 4) is 0 Å². The number of hydrogen-bond acceptors (Lipinski definition) is 2. The zero-order chi connectivity index (χ0) is 14.1. The summed E-state index contributed by atoms with van der Waals surface area (Å²) in [7, 11) is 0. The van der Waals surface area contributed by atoms with Crippen molar-refractivity contribution >= 4 is 38.2 Å². The summed E-state index contributed by atoms with van der Waals surface area (Å²) in [6.45, 7) is 0. The number of nitrogens with two attached hydrogens (primary N) is 1. The second kappa shape index (κ2) is 5.10. The molecular weight excluding hydrogens is 314 g/mol. The van der Waals surface area contributed by atoms with Crippen LogP contribution in [-0.2, 0) is 0 Å².